The van der Waals surface area contributed by atoms with Gasteiger partial charge in [-0.25, -0.2) is 0 Å². The number of carbonyl (C=O) groups is 2. The van der Waals surface area contributed by atoms with Crippen LogP contribution in [0, 0.1) is 6.92 Å². The molecule has 2 aromatic rings. The molecule has 0 aliphatic heterocycles. The molecule has 1 N–H and O–H groups in total. The van der Waals surface area contributed by atoms with E-state index in [0.717, 1.165) is 16.7 Å². The predicted octanol–water partition coefficient (Wildman–Crippen LogP) is 4.52. The van der Waals surface area contributed by atoms with Crippen LogP contribution in [0.25, 0.3) is 0 Å². The Morgan fingerprint density at radius 2 is 1.68 bits per heavy atom. The van der Waals surface area contributed by atoms with Crippen LogP contribution in [0.4, 0.5) is 0 Å². The molecule has 0 saturated heterocycles. The first-order valence-electron chi connectivity index (χ1n) is 9.47. The third kappa shape index (κ3) is 6.38. The first-order chi connectivity index (χ1) is 13.1. The number of hydrogen-bond acceptors (Lipinski definition) is 2. The fourth-order valence-corrected chi connectivity index (χ4v) is 3.06. The number of benzene rings is 2. The van der Waals surface area contributed by atoms with Gasteiger partial charge in [0.15, 0.2) is 0 Å². The number of carbonyl (C=O) groups excluding carboxylic acids is 2. The Labute approximate surface area is 172 Å². The molecule has 0 aromatic heterocycles. The third-order valence-corrected chi connectivity index (χ3v) is 4.81. The largest absolute Gasteiger partial charge is 0.350 e. The van der Waals surface area contributed by atoms with Crippen molar-refractivity contribution in [2.75, 3.05) is 0 Å². The highest BCUT2D eigenvalue weighted by Gasteiger charge is 2.28. The summed E-state index contributed by atoms with van der Waals surface area (Å²) in [7, 11) is 0. The Kier molecular flexibility index (Phi) is 7.25. The van der Waals surface area contributed by atoms with Gasteiger partial charge in [-0.3, -0.25) is 9.59 Å². The van der Waals surface area contributed by atoms with Crippen molar-refractivity contribution in [1.29, 1.82) is 0 Å². The van der Waals surface area contributed by atoms with Gasteiger partial charge in [-0.15, -0.1) is 0 Å². The minimum atomic E-state index is -0.601. The summed E-state index contributed by atoms with van der Waals surface area (Å²) >= 11 is 6.23. The third-order valence-electron chi connectivity index (χ3n) is 4.44. The van der Waals surface area contributed by atoms with Crippen molar-refractivity contribution >= 4 is 23.4 Å². The molecule has 0 fully saturated rings. The van der Waals surface area contributed by atoms with E-state index in [2.05, 4.69) is 5.32 Å². The first-order valence-corrected chi connectivity index (χ1v) is 9.85. The second kappa shape index (κ2) is 9.24. The molecule has 0 radical (unpaired) electrons. The lowest BCUT2D eigenvalue weighted by Crippen LogP contribution is -2.52. The Bertz CT molecular complexity index is 825. The zero-order valence-corrected chi connectivity index (χ0v) is 18.0. The number of amides is 2. The Hall–Kier alpha value is -2.33. The molecule has 1 unspecified atom stereocenters. The van der Waals surface area contributed by atoms with Gasteiger partial charge in [-0.1, -0.05) is 59.6 Å². The Morgan fingerprint density at radius 3 is 2.25 bits per heavy atom. The average molecular weight is 401 g/mol. The molecule has 1 atom stereocenters. The Balaban J connectivity index is 2.26. The van der Waals surface area contributed by atoms with Crippen molar-refractivity contribution in [2.24, 2.45) is 0 Å². The molecule has 2 amide bonds. The fourth-order valence-electron chi connectivity index (χ4n) is 2.85. The van der Waals surface area contributed by atoms with E-state index in [-0.39, 0.29) is 23.8 Å². The molecule has 0 aliphatic rings. The number of hydrogen-bond donors (Lipinski definition) is 1. The van der Waals surface area contributed by atoms with E-state index < -0.39 is 6.04 Å². The van der Waals surface area contributed by atoms with Gasteiger partial charge in [-0.2, -0.15) is 0 Å². The molecule has 5 heteroatoms. The van der Waals surface area contributed by atoms with Crippen molar-refractivity contribution in [3.8, 4) is 0 Å². The molecule has 0 heterocycles. The van der Waals surface area contributed by atoms with E-state index in [1.165, 1.54) is 0 Å². The molecular weight excluding hydrogens is 372 g/mol. The predicted molar refractivity (Wildman–Crippen MR) is 114 cm³/mol. The zero-order chi connectivity index (χ0) is 20.9. The molecule has 0 bridgehead atoms. The topological polar surface area (TPSA) is 49.4 Å². The van der Waals surface area contributed by atoms with Gasteiger partial charge in [0.25, 0.3) is 0 Å². The van der Waals surface area contributed by atoms with Crippen LogP contribution >= 0.6 is 11.6 Å². The van der Waals surface area contributed by atoms with Gasteiger partial charge in [0, 0.05) is 17.1 Å². The molecule has 150 valence electrons. The van der Waals surface area contributed by atoms with Gasteiger partial charge in [0.2, 0.25) is 11.8 Å². The van der Waals surface area contributed by atoms with E-state index in [0.29, 0.717) is 11.6 Å². The molecular formula is C23H29ClN2O2. The summed E-state index contributed by atoms with van der Waals surface area (Å²) in [6, 6.07) is 14.7. The lowest BCUT2D eigenvalue weighted by Gasteiger charge is -2.31. The highest BCUT2D eigenvalue weighted by molar-refractivity contribution is 6.31. The van der Waals surface area contributed by atoms with Crippen molar-refractivity contribution < 1.29 is 9.59 Å². The molecule has 2 rings (SSSR count). The Morgan fingerprint density at radius 1 is 1.07 bits per heavy atom. The van der Waals surface area contributed by atoms with Crippen molar-refractivity contribution in [3.05, 3.63) is 70.2 Å². The maximum atomic E-state index is 13.1. The first kappa shape index (κ1) is 22.0. The van der Waals surface area contributed by atoms with Crippen LogP contribution in [0.15, 0.2) is 48.5 Å². The molecule has 0 spiro atoms. The second-order valence-corrected chi connectivity index (χ2v) is 8.60. The van der Waals surface area contributed by atoms with Crippen LogP contribution in [-0.2, 0) is 22.6 Å². The standard InChI is InChI=1S/C23H29ClN2O2/c1-16-10-12-18(13-11-16)15-26(17(2)22(28)25-23(3,4)5)21(27)14-19-8-6-7-9-20(19)24/h6-13,17H,14-15H2,1-5H3,(H,25,28). The normalized spacial score (nSPS) is 12.4. The number of aryl methyl sites for hydroxylation is 1. The van der Waals surface area contributed by atoms with E-state index in [1.807, 2.05) is 70.2 Å². The van der Waals surface area contributed by atoms with Gasteiger partial charge >= 0.3 is 0 Å². The van der Waals surface area contributed by atoms with Gasteiger partial charge in [0.05, 0.1) is 6.42 Å². The number of rotatable bonds is 6. The van der Waals surface area contributed by atoms with Gasteiger partial charge in [-0.05, 0) is 51.8 Å². The molecule has 4 nitrogen and oxygen atoms in total. The minimum Gasteiger partial charge on any atom is -0.350 e. The van der Waals surface area contributed by atoms with Gasteiger partial charge in [0.1, 0.15) is 6.04 Å². The van der Waals surface area contributed by atoms with Crippen LogP contribution in [0.1, 0.15) is 44.4 Å². The SMILES string of the molecule is Cc1ccc(CN(C(=O)Cc2ccccc2Cl)C(C)C(=O)NC(C)(C)C)cc1. The summed E-state index contributed by atoms with van der Waals surface area (Å²) in [4.78, 5) is 27.5. The highest BCUT2D eigenvalue weighted by Crippen LogP contribution is 2.19. The summed E-state index contributed by atoms with van der Waals surface area (Å²) in [6.45, 7) is 9.92. The summed E-state index contributed by atoms with van der Waals surface area (Å²) in [5.41, 5.74) is 2.52. The minimum absolute atomic E-state index is 0.134. The van der Waals surface area contributed by atoms with Crippen LogP contribution in [0.5, 0.6) is 0 Å². The van der Waals surface area contributed by atoms with E-state index in [9.17, 15) is 9.59 Å². The van der Waals surface area contributed by atoms with Crippen molar-refractivity contribution in [3.63, 3.8) is 0 Å². The number of nitrogens with zero attached hydrogens (tertiary/aromatic N) is 1. The van der Waals surface area contributed by atoms with E-state index >= 15 is 0 Å². The summed E-state index contributed by atoms with van der Waals surface area (Å²) in [6.07, 6.45) is 0.151. The molecule has 28 heavy (non-hydrogen) atoms. The van der Waals surface area contributed by atoms with Crippen LogP contribution in [0.2, 0.25) is 5.02 Å². The average Bonchev–Trinajstić information content (AvgIpc) is 2.61. The lowest BCUT2D eigenvalue weighted by molar-refractivity contribution is -0.140. The maximum Gasteiger partial charge on any atom is 0.242 e. The smallest absolute Gasteiger partial charge is 0.242 e. The quantitative estimate of drug-likeness (QED) is 0.774. The molecule has 0 saturated carbocycles. The molecule has 2 aromatic carbocycles. The monoisotopic (exact) mass is 400 g/mol. The lowest BCUT2D eigenvalue weighted by atomic mass is 10.1. The summed E-state index contributed by atoms with van der Waals surface area (Å²) in [5, 5.41) is 3.52. The summed E-state index contributed by atoms with van der Waals surface area (Å²) in [5.74, 6) is -0.308. The van der Waals surface area contributed by atoms with Gasteiger partial charge < -0.3 is 10.2 Å². The summed E-state index contributed by atoms with van der Waals surface area (Å²) < 4.78 is 0. The highest BCUT2D eigenvalue weighted by atomic mass is 35.5. The number of halogens is 1. The zero-order valence-electron chi connectivity index (χ0n) is 17.3. The van der Waals surface area contributed by atoms with E-state index in [4.69, 9.17) is 11.6 Å². The second-order valence-electron chi connectivity index (χ2n) is 8.19. The maximum absolute atomic E-state index is 13.1. The van der Waals surface area contributed by atoms with E-state index in [1.54, 1.807) is 17.9 Å². The van der Waals surface area contributed by atoms with Crippen molar-refractivity contribution in [1.82, 2.24) is 10.2 Å². The van der Waals surface area contributed by atoms with Crippen molar-refractivity contribution in [2.45, 2.75) is 59.2 Å². The fraction of sp³-hybridized carbons (Fsp3) is 0.391. The van der Waals surface area contributed by atoms with Crippen LogP contribution in [0.3, 0.4) is 0 Å². The van der Waals surface area contributed by atoms with Crippen LogP contribution < -0.4 is 5.32 Å². The number of nitrogens with one attached hydrogen (secondary N) is 1. The van der Waals surface area contributed by atoms with Crippen LogP contribution in [-0.4, -0.2) is 28.3 Å². The molecule has 0 aliphatic carbocycles.